The Morgan fingerprint density at radius 1 is 1.11 bits per heavy atom. The number of benzene rings is 2. The number of hydrogen-bond acceptors (Lipinski definition) is 3. The summed E-state index contributed by atoms with van der Waals surface area (Å²) in [5.74, 6) is -0.627. The molecule has 0 spiro atoms. The largest absolute Gasteiger partial charge is 0.416 e. The molecule has 0 fully saturated rings. The third-order valence-electron chi connectivity index (χ3n) is 3.16. The first-order valence-electron chi connectivity index (χ1n) is 7.54. The van der Waals surface area contributed by atoms with Crippen LogP contribution in [0.2, 0.25) is 5.02 Å². The Hall–Kier alpha value is -3.07. The van der Waals surface area contributed by atoms with Crippen molar-refractivity contribution in [2.75, 3.05) is 11.9 Å². The van der Waals surface area contributed by atoms with E-state index in [1.807, 2.05) is 0 Å². The fraction of sp³-hybridized carbons (Fsp3) is 0.118. The summed E-state index contributed by atoms with van der Waals surface area (Å²) >= 11 is 5.92. The van der Waals surface area contributed by atoms with E-state index in [2.05, 4.69) is 21.2 Å². The van der Waals surface area contributed by atoms with Crippen molar-refractivity contribution in [2.24, 2.45) is 5.10 Å². The van der Waals surface area contributed by atoms with Crippen molar-refractivity contribution in [2.45, 2.75) is 6.18 Å². The van der Waals surface area contributed by atoms with E-state index in [9.17, 15) is 22.8 Å². The third kappa shape index (κ3) is 6.63. The van der Waals surface area contributed by atoms with Crippen LogP contribution in [0.3, 0.4) is 0 Å². The average Bonchev–Trinajstić information content (AvgIpc) is 2.61. The molecule has 142 valence electrons. The Morgan fingerprint density at radius 3 is 2.56 bits per heavy atom. The van der Waals surface area contributed by atoms with Crippen LogP contribution in [0.25, 0.3) is 0 Å². The number of nitrogens with one attached hydrogen (secondary N) is 3. The van der Waals surface area contributed by atoms with Crippen molar-refractivity contribution in [3.05, 3.63) is 64.7 Å². The molecular formula is C17H14ClF3N4O2. The van der Waals surface area contributed by atoms with Gasteiger partial charge in [-0.15, -0.1) is 0 Å². The van der Waals surface area contributed by atoms with E-state index in [0.29, 0.717) is 10.6 Å². The summed E-state index contributed by atoms with van der Waals surface area (Å²) in [6.07, 6.45) is -3.18. The molecule has 0 saturated carbocycles. The maximum absolute atomic E-state index is 12.6. The van der Waals surface area contributed by atoms with Gasteiger partial charge in [-0.2, -0.15) is 18.3 Å². The molecule has 0 radical (unpaired) electrons. The molecule has 0 saturated heterocycles. The summed E-state index contributed by atoms with van der Waals surface area (Å²) in [6, 6.07) is 10.1. The Labute approximate surface area is 157 Å². The zero-order valence-electron chi connectivity index (χ0n) is 13.7. The van der Waals surface area contributed by atoms with E-state index in [1.165, 1.54) is 12.3 Å². The zero-order chi connectivity index (χ0) is 19.9. The first-order chi connectivity index (χ1) is 12.8. The molecule has 6 nitrogen and oxygen atoms in total. The van der Waals surface area contributed by atoms with Crippen LogP contribution in [0, 0.1) is 0 Å². The number of alkyl halides is 3. The number of carbonyl (C=O) groups is 2. The fourth-order valence-corrected chi connectivity index (χ4v) is 2.09. The van der Waals surface area contributed by atoms with Gasteiger partial charge in [-0.05, 0) is 24.3 Å². The summed E-state index contributed by atoms with van der Waals surface area (Å²) < 4.78 is 37.9. The standard InChI is InChI=1S/C17H14ClF3N4O2/c18-14-7-2-1-4-11(14)9-23-25-15(26)10-22-16(27)24-13-6-3-5-12(8-13)17(19,20)21/h1-9H,10H2,(H,25,26)(H2,22,24,27). The highest BCUT2D eigenvalue weighted by molar-refractivity contribution is 6.33. The van der Waals surface area contributed by atoms with E-state index >= 15 is 0 Å². The minimum Gasteiger partial charge on any atom is -0.329 e. The molecule has 0 unspecified atom stereocenters. The number of hydrogen-bond donors (Lipinski definition) is 3. The molecule has 0 aliphatic rings. The molecule has 2 aromatic carbocycles. The monoisotopic (exact) mass is 398 g/mol. The predicted octanol–water partition coefficient (Wildman–Crippen LogP) is 3.63. The normalized spacial score (nSPS) is 11.3. The molecule has 27 heavy (non-hydrogen) atoms. The fourth-order valence-electron chi connectivity index (χ4n) is 1.90. The molecule has 2 rings (SSSR count). The van der Waals surface area contributed by atoms with Crippen LogP contribution < -0.4 is 16.1 Å². The van der Waals surface area contributed by atoms with Gasteiger partial charge in [0.25, 0.3) is 5.91 Å². The summed E-state index contributed by atoms with van der Waals surface area (Å²) in [5.41, 5.74) is 1.83. The lowest BCUT2D eigenvalue weighted by Gasteiger charge is -2.10. The van der Waals surface area contributed by atoms with Crippen molar-refractivity contribution < 1.29 is 22.8 Å². The molecule has 0 aliphatic carbocycles. The summed E-state index contributed by atoms with van der Waals surface area (Å²) in [5, 5.41) is 8.57. The van der Waals surface area contributed by atoms with Crippen molar-refractivity contribution in [3.8, 4) is 0 Å². The second-order valence-corrected chi connectivity index (χ2v) is 5.61. The molecule has 0 heterocycles. The van der Waals surface area contributed by atoms with Crippen LogP contribution in [-0.4, -0.2) is 24.7 Å². The van der Waals surface area contributed by atoms with Gasteiger partial charge in [-0.3, -0.25) is 4.79 Å². The molecular weight excluding hydrogens is 385 g/mol. The highest BCUT2D eigenvalue weighted by Gasteiger charge is 2.30. The average molecular weight is 399 g/mol. The quantitative estimate of drug-likeness (QED) is 0.531. The molecule has 0 bridgehead atoms. The Balaban J connectivity index is 1.80. The molecule has 10 heteroatoms. The lowest BCUT2D eigenvalue weighted by Crippen LogP contribution is -2.37. The van der Waals surface area contributed by atoms with Crippen molar-refractivity contribution >= 4 is 35.4 Å². The molecule has 2 aromatic rings. The van der Waals surface area contributed by atoms with E-state index in [1.54, 1.807) is 24.3 Å². The van der Waals surface area contributed by atoms with Crippen LogP contribution in [0.4, 0.5) is 23.7 Å². The highest BCUT2D eigenvalue weighted by atomic mass is 35.5. The lowest BCUT2D eigenvalue weighted by molar-refractivity contribution is -0.137. The zero-order valence-corrected chi connectivity index (χ0v) is 14.4. The molecule has 0 aromatic heterocycles. The number of hydrazone groups is 1. The Kier molecular flexibility index (Phi) is 6.78. The van der Waals surface area contributed by atoms with E-state index in [-0.39, 0.29) is 5.69 Å². The summed E-state index contributed by atoms with van der Waals surface area (Å²) in [7, 11) is 0. The maximum atomic E-state index is 12.6. The van der Waals surface area contributed by atoms with Gasteiger partial charge >= 0.3 is 12.2 Å². The van der Waals surface area contributed by atoms with Gasteiger partial charge in [-0.1, -0.05) is 35.9 Å². The number of anilines is 1. The van der Waals surface area contributed by atoms with Gasteiger partial charge in [-0.25, -0.2) is 10.2 Å². The van der Waals surface area contributed by atoms with Crippen molar-refractivity contribution in [1.29, 1.82) is 0 Å². The molecule has 3 N–H and O–H groups in total. The molecule has 0 aliphatic heterocycles. The van der Waals surface area contributed by atoms with E-state index in [0.717, 1.165) is 18.2 Å². The first-order valence-corrected chi connectivity index (χ1v) is 7.92. The first kappa shape index (κ1) is 20.2. The van der Waals surface area contributed by atoms with E-state index in [4.69, 9.17) is 11.6 Å². The van der Waals surface area contributed by atoms with Crippen molar-refractivity contribution in [1.82, 2.24) is 10.7 Å². The Bertz CT molecular complexity index is 856. The topological polar surface area (TPSA) is 82.6 Å². The third-order valence-corrected chi connectivity index (χ3v) is 3.50. The van der Waals surface area contributed by atoms with Crippen LogP contribution in [0.15, 0.2) is 53.6 Å². The van der Waals surface area contributed by atoms with Gasteiger partial charge < -0.3 is 10.6 Å². The number of amides is 3. The van der Waals surface area contributed by atoms with Gasteiger partial charge in [0.1, 0.15) is 6.54 Å². The highest BCUT2D eigenvalue weighted by Crippen LogP contribution is 2.30. The van der Waals surface area contributed by atoms with E-state index < -0.39 is 30.2 Å². The van der Waals surface area contributed by atoms with Crippen LogP contribution in [-0.2, 0) is 11.0 Å². The van der Waals surface area contributed by atoms with Gasteiger partial charge in [0.05, 0.1) is 11.8 Å². The minimum atomic E-state index is -4.52. The molecule has 3 amide bonds. The smallest absolute Gasteiger partial charge is 0.329 e. The lowest BCUT2D eigenvalue weighted by atomic mass is 10.2. The predicted molar refractivity (Wildman–Crippen MR) is 95.7 cm³/mol. The number of nitrogens with zero attached hydrogens (tertiary/aromatic N) is 1. The Morgan fingerprint density at radius 2 is 1.85 bits per heavy atom. The molecule has 0 atom stereocenters. The number of urea groups is 1. The van der Waals surface area contributed by atoms with Gasteiger partial charge in [0, 0.05) is 16.3 Å². The number of carbonyl (C=O) groups excluding carboxylic acids is 2. The number of halogens is 4. The SMILES string of the molecule is O=C(CNC(=O)Nc1cccc(C(F)(F)F)c1)NN=Cc1ccccc1Cl. The summed E-state index contributed by atoms with van der Waals surface area (Å²) in [4.78, 5) is 23.3. The van der Waals surface area contributed by atoms with Crippen molar-refractivity contribution in [3.63, 3.8) is 0 Å². The second kappa shape index (κ2) is 9.04. The summed E-state index contributed by atoms with van der Waals surface area (Å²) in [6.45, 7) is -0.426. The second-order valence-electron chi connectivity index (χ2n) is 5.20. The van der Waals surface area contributed by atoms with Crippen LogP contribution in [0.1, 0.15) is 11.1 Å². The van der Waals surface area contributed by atoms with Gasteiger partial charge in [0.15, 0.2) is 0 Å². The minimum absolute atomic E-state index is 0.0560. The van der Waals surface area contributed by atoms with Gasteiger partial charge in [0.2, 0.25) is 0 Å². The number of rotatable bonds is 5. The van der Waals surface area contributed by atoms with Crippen LogP contribution >= 0.6 is 11.6 Å². The van der Waals surface area contributed by atoms with Crippen LogP contribution in [0.5, 0.6) is 0 Å². The maximum Gasteiger partial charge on any atom is 0.416 e.